The summed E-state index contributed by atoms with van der Waals surface area (Å²) in [6.45, 7) is 8.11. The van der Waals surface area contributed by atoms with E-state index in [-0.39, 0.29) is 6.10 Å². The summed E-state index contributed by atoms with van der Waals surface area (Å²) in [6, 6.07) is 5.90. The molecule has 4 nitrogen and oxygen atoms in total. The third kappa shape index (κ3) is 4.98. The van der Waals surface area contributed by atoms with Crippen LogP contribution in [0.2, 0.25) is 5.02 Å². The van der Waals surface area contributed by atoms with E-state index in [9.17, 15) is 0 Å². The van der Waals surface area contributed by atoms with E-state index in [1.165, 1.54) is 12.8 Å². The van der Waals surface area contributed by atoms with Gasteiger partial charge in [0, 0.05) is 12.1 Å². The maximum absolute atomic E-state index is 6.35. The Morgan fingerprint density at radius 1 is 1.35 bits per heavy atom. The molecule has 0 aliphatic carbocycles. The second kappa shape index (κ2) is 8.37. The summed E-state index contributed by atoms with van der Waals surface area (Å²) >= 11 is 6.35. The molecular formula is C18H26ClN3O. The normalized spacial score (nSPS) is 11.4. The highest BCUT2D eigenvalue weighted by molar-refractivity contribution is 6.32. The van der Waals surface area contributed by atoms with Crippen LogP contribution in [-0.4, -0.2) is 34.8 Å². The van der Waals surface area contributed by atoms with Crippen molar-refractivity contribution < 1.29 is 4.74 Å². The first-order valence-electron chi connectivity index (χ1n) is 8.18. The Labute approximate surface area is 143 Å². The van der Waals surface area contributed by atoms with Gasteiger partial charge in [0.1, 0.15) is 5.75 Å². The molecule has 0 unspecified atom stereocenters. The molecule has 0 fully saturated rings. The van der Waals surface area contributed by atoms with E-state index in [2.05, 4.69) is 29.1 Å². The van der Waals surface area contributed by atoms with Gasteiger partial charge in [0.15, 0.2) is 0 Å². The maximum atomic E-state index is 6.35. The van der Waals surface area contributed by atoms with E-state index < -0.39 is 0 Å². The van der Waals surface area contributed by atoms with Gasteiger partial charge in [-0.2, -0.15) is 5.10 Å². The van der Waals surface area contributed by atoms with Crippen molar-refractivity contribution in [2.24, 2.45) is 0 Å². The Bertz CT molecular complexity index is 624. The Hall–Kier alpha value is -1.52. The van der Waals surface area contributed by atoms with Crippen molar-refractivity contribution in [1.82, 2.24) is 15.1 Å². The van der Waals surface area contributed by atoms with Gasteiger partial charge in [-0.15, -0.1) is 0 Å². The second-order valence-electron chi connectivity index (χ2n) is 6.17. The zero-order valence-corrected chi connectivity index (χ0v) is 15.2. The summed E-state index contributed by atoms with van der Waals surface area (Å²) in [7, 11) is 2.13. The number of rotatable bonds is 8. The number of benzene rings is 1. The third-order valence-electron chi connectivity index (χ3n) is 3.65. The summed E-state index contributed by atoms with van der Waals surface area (Å²) in [5.74, 6) is 0.718. The van der Waals surface area contributed by atoms with Gasteiger partial charge in [-0.25, -0.2) is 0 Å². The quantitative estimate of drug-likeness (QED) is 0.756. The predicted octanol–water partition coefficient (Wildman–Crippen LogP) is 4.75. The lowest BCUT2D eigenvalue weighted by Crippen LogP contribution is -2.19. The van der Waals surface area contributed by atoms with Gasteiger partial charge in [0.25, 0.3) is 0 Å². The van der Waals surface area contributed by atoms with Crippen LogP contribution in [0.4, 0.5) is 0 Å². The van der Waals surface area contributed by atoms with Crippen LogP contribution in [0.3, 0.4) is 0 Å². The molecule has 1 heterocycles. The standard InChI is InChI=1S/C18H26ClN3O/c1-5-6-9-22(4)12-17-15(11-20-21-17)14-7-8-18(16(19)10-14)23-13(2)3/h7-8,10-11,13H,5-6,9,12H2,1-4H3,(H,20,21). The molecule has 1 aromatic carbocycles. The summed E-state index contributed by atoms with van der Waals surface area (Å²) < 4.78 is 5.69. The minimum absolute atomic E-state index is 0.107. The highest BCUT2D eigenvalue weighted by Gasteiger charge is 2.12. The van der Waals surface area contributed by atoms with Gasteiger partial charge in [-0.3, -0.25) is 5.10 Å². The van der Waals surface area contributed by atoms with Crippen LogP contribution in [0.1, 0.15) is 39.3 Å². The molecule has 1 N–H and O–H groups in total. The molecule has 126 valence electrons. The summed E-state index contributed by atoms with van der Waals surface area (Å²) in [4.78, 5) is 2.30. The molecule has 0 saturated heterocycles. The fourth-order valence-electron chi connectivity index (χ4n) is 2.48. The van der Waals surface area contributed by atoms with Crippen LogP contribution >= 0.6 is 11.6 Å². The molecule has 0 atom stereocenters. The highest BCUT2D eigenvalue weighted by Crippen LogP contribution is 2.32. The molecule has 5 heteroatoms. The average molecular weight is 336 g/mol. The number of hydrogen-bond acceptors (Lipinski definition) is 3. The first-order valence-corrected chi connectivity index (χ1v) is 8.56. The van der Waals surface area contributed by atoms with E-state index in [1.54, 1.807) is 0 Å². The first-order chi connectivity index (χ1) is 11.0. The van der Waals surface area contributed by atoms with E-state index in [1.807, 2.05) is 38.2 Å². The Morgan fingerprint density at radius 2 is 2.13 bits per heavy atom. The average Bonchev–Trinajstić information content (AvgIpc) is 2.95. The number of unbranched alkanes of at least 4 members (excludes halogenated alkanes) is 1. The minimum Gasteiger partial charge on any atom is -0.489 e. The number of nitrogens with one attached hydrogen (secondary N) is 1. The van der Waals surface area contributed by atoms with Gasteiger partial charge < -0.3 is 9.64 Å². The van der Waals surface area contributed by atoms with Crippen molar-refractivity contribution in [2.75, 3.05) is 13.6 Å². The second-order valence-corrected chi connectivity index (χ2v) is 6.57. The number of hydrogen-bond donors (Lipinski definition) is 1. The van der Waals surface area contributed by atoms with Crippen LogP contribution in [0.15, 0.2) is 24.4 Å². The molecule has 0 amide bonds. The number of nitrogens with zero attached hydrogens (tertiary/aromatic N) is 2. The van der Waals surface area contributed by atoms with Crippen molar-refractivity contribution in [3.05, 3.63) is 35.1 Å². The highest BCUT2D eigenvalue weighted by atomic mass is 35.5. The van der Waals surface area contributed by atoms with Gasteiger partial charge in [-0.05, 0) is 51.6 Å². The predicted molar refractivity (Wildman–Crippen MR) is 96.0 cm³/mol. The molecule has 0 radical (unpaired) electrons. The van der Waals surface area contributed by atoms with Gasteiger partial charge in [0.05, 0.1) is 23.0 Å². The minimum atomic E-state index is 0.107. The molecule has 0 aliphatic heterocycles. The van der Waals surface area contributed by atoms with Crippen molar-refractivity contribution in [2.45, 2.75) is 46.3 Å². The number of aromatic amines is 1. The topological polar surface area (TPSA) is 41.2 Å². The van der Waals surface area contributed by atoms with Crippen LogP contribution in [0, 0.1) is 0 Å². The van der Waals surface area contributed by atoms with E-state index in [0.29, 0.717) is 5.02 Å². The molecule has 23 heavy (non-hydrogen) atoms. The fraction of sp³-hybridized carbons (Fsp3) is 0.500. The Kier molecular flexibility index (Phi) is 6.48. The van der Waals surface area contributed by atoms with Crippen molar-refractivity contribution in [3.8, 4) is 16.9 Å². The monoisotopic (exact) mass is 335 g/mol. The molecule has 2 aromatic rings. The molecular weight excluding hydrogens is 310 g/mol. The van der Waals surface area contributed by atoms with Gasteiger partial charge in [-0.1, -0.05) is 31.0 Å². The number of halogens is 1. The lowest BCUT2D eigenvalue weighted by Gasteiger charge is -2.16. The zero-order chi connectivity index (χ0) is 16.8. The van der Waals surface area contributed by atoms with Crippen molar-refractivity contribution >= 4 is 11.6 Å². The molecule has 0 aliphatic rings. The summed E-state index contributed by atoms with van der Waals surface area (Å²) in [5, 5.41) is 7.95. The van der Waals surface area contributed by atoms with E-state index >= 15 is 0 Å². The molecule has 0 spiro atoms. The summed E-state index contributed by atoms with van der Waals surface area (Å²) in [6.07, 6.45) is 4.37. The SMILES string of the molecule is CCCCN(C)Cc1[nH]ncc1-c1ccc(OC(C)C)c(Cl)c1. The van der Waals surface area contributed by atoms with Gasteiger partial charge in [0.2, 0.25) is 0 Å². The maximum Gasteiger partial charge on any atom is 0.138 e. The lowest BCUT2D eigenvalue weighted by molar-refractivity contribution is 0.242. The Morgan fingerprint density at radius 3 is 2.78 bits per heavy atom. The van der Waals surface area contributed by atoms with Crippen molar-refractivity contribution in [1.29, 1.82) is 0 Å². The zero-order valence-electron chi connectivity index (χ0n) is 14.4. The molecule has 2 rings (SSSR count). The van der Waals surface area contributed by atoms with Crippen molar-refractivity contribution in [3.63, 3.8) is 0 Å². The fourth-order valence-corrected chi connectivity index (χ4v) is 2.70. The smallest absolute Gasteiger partial charge is 0.138 e. The van der Waals surface area contributed by atoms with E-state index in [0.717, 1.165) is 35.7 Å². The van der Waals surface area contributed by atoms with Crippen LogP contribution < -0.4 is 4.74 Å². The largest absolute Gasteiger partial charge is 0.489 e. The Balaban J connectivity index is 2.16. The van der Waals surface area contributed by atoms with Crippen LogP contribution in [0.25, 0.3) is 11.1 Å². The molecule has 0 saturated carbocycles. The van der Waals surface area contributed by atoms with Crippen LogP contribution in [0.5, 0.6) is 5.75 Å². The van der Waals surface area contributed by atoms with Gasteiger partial charge >= 0.3 is 0 Å². The molecule has 1 aromatic heterocycles. The third-order valence-corrected chi connectivity index (χ3v) is 3.94. The number of aromatic nitrogens is 2. The first kappa shape index (κ1) is 17.8. The lowest BCUT2D eigenvalue weighted by atomic mass is 10.1. The number of H-pyrrole nitrogens is 1. The number of ether oxygens (including phenoxy) is 1. The van der Waals surface area contributed by atoms with Crippen LogP contribution in [-0.2, 0) is 6.54 Å². The molecule has 0 bridgehead atoms. The van der Waals surface area contributed by atoms with E-state index in [4.69, 9.17) is 16.3 Å². The summed E-state index contributed by atoms with van der Waals surface area (Å²) in [5.41, 5.74) is 3.25.